The molecule has 0 aliphatic rings. The summed E-state index contributed by atoms with van der Waals surface area (Å²) >= 11 is 7.32. The lowest BCUT2D eigenvalue weighted by Crippen LogP contribution is -2.13. The van der Waals surface area contributed by atoms with Crippen LogP contribution in [-0.4, -0.2) is 20.9 Å². The summed E-state index contributed by atoms with van der Waals surface area (Å²) in [7, 11) is 0. The maximum Gasteiger partial charge on any atom is 0.293 e. The Morgan fingerprint density at radius 1 is 1.14 bits per heavy atom. The number of halogens is 1. The monoisotopic (exact) mass is 328 g/mol. The molecule has 2 aromatic heterocycles. The number of carbonyl (C=O) groups excluding carboxylic acids is 1. The number of thiazole rings is 1. The molecular weight excluding hydrogens is 320 g/mol. The van der Waals surface area contributed by atoms with E-state index < -0.39 is 0 Å². The third-order valence-electron chi connectivity index (χ3n) is 3.18. The van der Waals surface area contributed by atoms with Crippen LogP contribution in [0.1, 0.15) is 10.6 Å². The van der Waals surface area contributed by atoms with Crippen LogP contribution in [0.15, 0.2) is 42.5 Å². The highest BCUT2D eigenvalue weighted by molar-refractivity contribution is 7.22. The molecular formula is C15H9ClN4OS. The van der Waals surface area contributed by atoms with E-state index in [1.807, 2.05) is 36.4 Å². The van der Waals surface area contributed by atoms with Crippen LogP contribution in [0.2, 0.25) is 5.02 Å². The van der Waals surface area contributed by atoms with Gasteiger partial charge in [0.1, 0.15) is 0 Å². The molecule has 0 aliphatic heterocycles. The number of nitrogens with zero attached hydrogens (tertiary/aromatic N) is 2. The first-order valence-electron chi connectivity index (χ1n) is 6.51. The highest BCUT2D eigenvalue weighted by atomic mass is 35.5. The van der Waals surface area contributed by atoms with Gasteiger partial charge in [-0.15, -0.1) is 0 Å². The van der Waals surface area contributed by atoms with Crippen LogP contribution in [0, 0.1) is 0 Å². The number of rotatable bonds is 2. The Bertz CT molecular complexity index is 974. The number of hydrogen-bond donors (Lipinski definition) is 2. The fourth-order valence-electron chi connectivity index (χ4n) is 2.17. The molecule has 4 aromatic rings. The summed E-state index contributed by atoms with van der Waals surface area (Å²) in [5, 5.41) is 3.92. The predicted molar refractivity (Wildman–Crippen MR) is 88.7 cm³/mol. The van der Waals surface area contributed by atoms with Crippen molar-refractivity contribution in [2.45, 2.75) is 0 Å². The number of amides is 1. The molecule has 0 atom stereocenters. The third-order valence-corrected chi connectivity index (χ3v) is 4.34. The van der Waals surface area contributed by atoms with Crippen molar-refractivity contribution in [3.8, 4) is 0 Å². The number of fused-ring (bicyclic) bond motifs is 2. The van der Waals surface area contributed by atoms with Gasteiger partial charge in [0.2, 0.25) is 0 Å². The number of aromatic nitrogens is 3. The van der Waals surface area contributed by atoms with Crippen molar-refractivity contribution in [1.29, 1.82) is 0 Å². The van der Waals surface area contributed by atoms with Crippen molar-refractivity contribution < 1.29 is 4.79 Å². The van der Waals surface area contributed by atoms with Crippen molar-refractivity contribution in [2.75, 3.05) is 5.32 Å². The zero-order chi connectivity index (χ0) is 15.1. The van der Waals surface area contributed by atoms with E-state index >= 15 is 0 Å². The molecule has 2 N–H and O–H groups in total. The summed E-state index contributed by atoms with van der Waals surface area (Å²) in [6.07, 6.45) is 0. The number of H-pyrrole nitrogens is 1. The fraction of sp³-hybridized carbons (Fsp3) is 0. The topological polar surface area (TPSA) is 70.7 Å². The van der Waals surface area contributed by atoms with Crippen LogP contribution in [0.3, 0.4) is 0 Å². The van der Waals surface area contributed by atoms with Crippen LogP contribution in [-0.2, 0) is 0 Å². The fourth-order valence-corrected chi connectivity index (χ4v) is 3.31. The second-order valence-corrected chi connectivity index (χ2v) is 6.15. The van der Waals surface area contributed by atoms with Gasteiger partial charge in [-0.25, -0.2) is 9.97 Å². The van der Waals surface area contributed by atoms with E-state index in [2.05, 4.69) is 20.3 Å². The lowest BCUT2D eigenvalue weighted by Gasteiger charge is -1.96. The van der Waals surface area contributed by atoms with Gasteiger partial charge in [0.25, 0.3) is 5.91 Å². The second-order valence-electron chi connectivity index (χ2n) is 4.69. The van der Waals surface area contributed by atoms with Gasteiger partial charge in [0.05, 0.1) is 21.3 Å². The quantitative estimate of drug-likeness (QED) is 0.582. The molecule has 0 unspecified atom stereocenters. The Kier molecular flexibility index (Phi) is 3.06. The number of nitrogens with one attached hydrogen (secondary N) is 2. The van der Waals surface area contributed by atoms with Crippen LogP contribution < -0.4 is 5.32 Å². The van der Waals surface area contributed by atoms with Crippen molar-refractivity contribution in [3.05, 3.63) is 53.3 Å². The lowest BCUT2D eigenvalue weighted by atomic mass is 10.3. The van der Waals surface area contributed by atoms with Crippen molar-refractivity contribution in [2.24, 2.45) is 0 Å². The summed E-state index contributed by atoms with van der Waals surface area (Å²) < 4.78 is 0.924. The van der Waals surface area contributed by atoms with E-state index in [9.17, 15) is 4.79 Å². The molecule has 2 aromatic carbocycles. The largest absolute Gasteiger partial charge is 0.334 e. The first-order chi connectivity index (χ1) is 10.7. The van der Waals surface area contributed by atoms with Gasteiger partial charge in [0, 0.05) is 5.02 Å². The van der Waals surface area contributed by atoms with Gasteiger partial charge in [-0.2, -0.15) is 0 Å². The highest BCUT2D eigenvalue weighted by Crippen LogP contribution is 2.28. The summed E-state index contributed by atoms with van der Waals surface area (Å²) in [6.45, 7) is 0. The number of para-hydroxylation sites is 2. The Hall–Kier alpha value is -2.44. The zero-order valence-electron chi connectivity index (χ0n) is 11.1. The Morgan fingerprint density at radius 2 is 2.00 bits per heavy atom. The van der Waals surface area contributed by atoms with Crippen molar-refractivity contribution in [3.63, 3.8) is 0 Å². The van der Waals surface area contributed by atoms with Crippen LogP contribution in [0.5, 0.6) is 0 Å². The van der Waals surface area contributed by atoms with Crippen LogP contribution in [0.4, 0.5) is 5.13 Å². The van der Waals surface area contributed by atoms with E-state index in [-0.39, 0.29) is 11.7 Å². The number of hydrogen-bond acceptors (Lipinski definition) is 4. The van der Waals surface area contributed by atoms with Gasteiger partial charge in [-0.3, -0.25) is 10.1 Å². The minimum absolute atomic E-state index is 0.262. The van der Waals surface area contributed by atoms with E-state index in [0.717, 1.165) is 21.3 Å². The maximum absolute atomic E-state index is 12.3. The number of aromatic amines is 1. The molecule has 5 nitrogen and oxygen atoms in total. The molecule has 7 heteroatoms. The summed E-state index contributed by atoms with van der Waals surface area (Å²) in [6, 6.07) is 12.9. The van der Waals surface area contributed by atoms with Crippen molar-refractivity contribution >= 4 is 55.2 Å². The minimum Gasteiger partial charge on any atom is -0.334 e. The molecule has 0 saturated carbocycles. The van der Waals surface area contributed by atoms with E-state index in [4.69, 9.17) is 11.6 Å². The van der Waals surface area contributed by atoms with Crippen LogP contribution >= 0.6 is 22.9 Å². The highest BCUT2D eigenvalue weighted by Gasteiger charge is 2.14. The van der Waals surface area contributed by atoms with Crippen LogP contribution in [0.25, 0.3) is 21.3 Å². The van der Waals surface area contributed by atoms with Gasteiger partial charge >= 0.3 is 0 Å². The van der Waals surface area contributed by atoms with E-state index in [1.165, 1.54) is 11.3 Å². The standard InChI is InChI=1S/C15H9ClN4OS/c16-8-5-6-11-12(7-8)22-15(19-11)20-14(21)13-17-9-3-1-2-4-10(9)18-13/h1-7H,(H,17,18)(H,19,20,21). The van der Waals surface area contributed by atoms with Crippen molar-refractivity contribution in [1.82, 2.24) is 15.0 Å². The normalized spacial score (nSPS) is 11.1. The zero-order valence-corrected chi connectivity index (χ0v) is 12.7. The van der Waals surface area contributed by atoms with E-state index in [0.29, 0.717) is 10.2 Å². The Labute approximate surface area is 134 Å². The number of benzene rings is 2. The molecule has 0 spiro atoms. The average Bonchev–Trinajstić information content (AvgIpc) is 3.09. The summed E-state index contributed by atoms with van der Waals surface area (Å²) in [5.74, 6) is -0.0557. The van der Waals surface area contributed by atoms with E-state index in [1.54, 1.807) is 6.07 Å². The first-order valence-corrected chi connectivity index (χ1v) is 7.71. The molecule has 0 fully saturated rings. The molecule has 0 saturated heterocycles. The summed E-state index contributed by atoms with van der Waals surface area (Å²) in [5.41, 5.74) is 2.38. The third kappa shape index (κ3) is 2.32. The molecule has 4 rings (SSSR count). The maximum atomic E-state index is 12.3. The first kappa shape index (κ1) is 13.2. The molecule has 22 heavy (non-hydrogen) atoms. The van der Waals surface area contributed by atoms with Gasteiger partial charge < -0.3 is 4.98 Å². The number of imidazole rings is 1. The lowest BCUT2D eigenvalue weighted by molar-refractivity contribution is 0.101. The molecule has 0 radical (unpaired) electrons. The SMILES string of the molecule is O=C(Nc1nc2ccc(Cl)cc2s1)c1nc2ccccc2[nH]1. The summed E-state index contributed by atoms with van der Waals surface area (Å²) in [4.78, 5) is 23.9. The van der Waals surface area contributed by atoms with Gasteiger partial charge in [-0.1, -0.05) is 35.1 Å². The molecule has 2 heterocycles. The number of anilines is 1. The molecule has 1 amide bonds. The molecule has 0 bridgehead atoms. The predicted octanol–water partition coefficient (Wildman–Crippen LogP) is 4.08. The molecule has 0 aliphatic carbocycles. The van der Waals surface area contributed by atoms with Gasteiger partial charge in [0.15, 0.2) is 11.0 Å². The Morgan fingerprint density at radius 3 is 2.86 bits per heavy atom. The van der Waals surface area contributed by atoms with Gasteiger partial charge in [-0.05, 0) is 30.3 Å². The Balaban J connectivity index is 1.64. The smallest absolute Gasteiger partial charge is 0.293 e. The average molecular weight is 329 g/mol. The minimum atomic E-state index is -0.318. The number of carbonyl (C=O) groups is 1. The second kappa shape index (κ2) is 5.08. The molecule has 108 valence electrons.